The first-order chi connectivity index (χ1) is 12.3. The van der Waals surface area contributed by atoms with Crippen LogP contribution in [0.1, 0.15) is 24.6 Å². The fraction of sp³-hybridized carbons (Fsp3) is 0.300. The number of nitrogens with two attached hydrogens (primary N) is 1. The highest BCUT2D eigenvalue weighted by molar-refractivity contribution is 5.85. The Labute approximate surface area is 146 Å². The monoisotopic (exact) mass is 330 g/mol. The second-order valence-corrected chi connectivity index (χ2v) is 6.47. The molecule has 25 heavy (non-hydrogen) atoms. The SMILES string of the molecule is N#CC1C=NCCC1[NH2+]c1nc(C2C=CC=CC2)nc2ccccc12. The van der Waals surface area contributed by atoms with Crippen LogP contribution < -0.4 is 5.32 Å². The molecule has 1 aromatic heterocycles. The van der Waals surface area contributed by atoms with E-state index in [1.165, 1.54) is 0 Å². The van der Waals surface area contributed by atoms with Crippen molar-refractivity contribution in [1.82, 2.24) is 9.97 Å². The molecule has 0 fully saturated rings. The molecule has 5 nitrogen and oxygen atoms in total. The quantitative estimate of drug-likeness (QED) is 0.938. The third-order valence-electron chi connectivity index (χ3n) is 4.80. The van der Waals surface area contributed by atoms with Gasteiger partial charge in [0.25, 0.3) is 0 Å². The van der Waals surface area contributed by atoms with Crippen molar-refractivity contribution in [3.8, 4) is 6.07 Å². The summed E-state index contributed by atoms with van der Waals surface area (Å²) in [6, 6.07) is 10.6. The van der Waals surface area contributed by atoms with E-state index in [-0.39, 0.29) is 17.9 Å². The second-order valence-electron chi connectivity index (χ2n) is 6.47. The van der Waals surface area contributed by atoms with Crippen LogP contribution in [0.15, 0.2) is 53.6 Å². The number of hydrogen-bond acceptors (Lipinski definition) is 4. The first-order valence-corrected chi connectivity index (χ1v) is 8.69. The molecule has 5 heteroatoms. The highest BCUT2D eigenvalue weighted by Crippen LogP contribution is 2.25. The molecule has 0 saturated carbocycles. The van der Waals surface area contributed by atoms with Crippen LogP contribution in [0.3, 0.4) is 0 Å². The first kappa shape index (κ1) is 15.7. The Kier molecular flexibility index (Phi) is 4.36. The zero-order chi connectivity index (χ0) is 17.1. The fourth-order valence-electron chi connectivity index (χ4n) is 3.41. The van der Waals surface area contributed by atoms with E-state index in [0.717, 1.165) is 41.9 Å². The lowest BCUT2D eigenvalue weighted by Crippen LogP contribution is -2.87. The molecule has 0 radical (unpaired) electrons. The van der Waals surface area contributed by atoms with E-state index in [9.17, 15) is 5.26 Å². The van der Waals surface area contributed by atoms with Crippen molar-refractivity contribution >= 4 is 22.9 Å². The van der Waals surface area contributed by atoms with Crippen molar-refractivity contribution in [2.45, 2.75) is 24.8 Å². The Balaban J connectivity index is 1.73. The number of benzene rings is 1. The van der Waals surface area contributed by atoms with E-state index in [2.05, 4.69) is 46.7 Å². The predicted octanol–water partition coefficient (Wildman–Crippen LogP) is 2.41. The molecule has 4 rings (SSSR count). The molecule has 3 unspecified atom stereocenters. The number of rotatable bonds is 3. The molecule has 1 aromatic carbocycles. The van der Waals surface area contributed by atoms with Gasteiger partial charge in [-0.1, -0.05) is 36.4 Å². The molecule has 0 amide bonds. The fourth-order valence-corrected chi connectivity index (χ4v) is 3.41. The van der Waals surface area contributed by atoms with Crippen molar-refractivity contribution in [2.24, 2.45) is 10.9 Å². The lowest BCUT2D eigenvalue weighted by atomic mass is 9.96. The van der Waals surface area contributed by atoms with Crippen molar-refractivity contribution < 1.29 is 5.32 Å². The second kappa shape index (κ2) is 6.96. The molecule has 1 aliphatic heterocycles. The van der Waals surface area contributed by atoms with Gasteiger partial charge in [-0.15, -0.1) is 0 Å². The van der Waals surface area contributed by atoms with E-state index >= 15 is 0 Å². The average Bonchev–Trinajstić information content (AvgIpc) is 2.69. The Hall–Kier alpha value is -2.84. The molecule has 3 atom stereocenters. The molecule has 0 saturated heterocycles. The summed E-state index contributed by atoms with van der Waals surface area (Å²) >= 11 is 0. The van der Waals surface area contributed by atoms with Gasteiger partial charge in [-0.3, -0.25) is 10.3 Å². The van der Waals surface area contributed by atoms with Crippen LogP contribution in [-0.2, 0) is 0 Å². The van der Waals surface area contributed by atoms with Gasteiger partial charge >= 0.3 is 0 Å². The number of quaternary nitrogens is 1. The molecule has 2 aliphatic rings. The molecule has 1 aliphatic carbocycles. The normalized spacial score (nSPS) is 25.2. The summed E-state index contributed by atoms with van der Waals surface area (Å²) < 4.78 is 0. The lowest BCUT2D eigenvalue weighted by Gasteiger charge is -2.21. The van der Waals surface area contributed by atoms with Gasteiger partial charge in [0, 0.05) is 25.1 Å². The predicted molar refractivity (Wildman–Crippen MR) is 97.6 cm³/mol. The van der Waals surface area contributed by atoms with Crippen LogP contribution >= 0.6 is 0 Å². The maximum absolute atomic E-state index is 9.40. The van der Waals surface area contributed by atoms with Gasteiger partial charge < -0.3 is 0 Å². The number of nitrogens with zero attached hydrogens (tertiary/aromatic N) is 4. The number of hydrogen-bond donors (Lipinski definition) is 1. The molecule has 0 spiro atoms. The van der Waals surface area contributed by atoms with Gasteiger partial charge in [0.1, 0.15) is 17.8 Å². The van der Waals surface area contributed by atoms with Gasteiger partial charge in [-0.25, -0.2) is 4.98 Å². The minimum atomic E-state index is -0.177. The summed E-state index contributed by atoms with van der Waals surface area (Å²) in [4.78, 5) is 13.9. The summed E-state index contributed by atoms with van der Waals surface area (Å²) in [5.74, 6) is 1.82. The summed E-state index contributed by atoms with van der Waals surface area (Å²) in [6.45, 7) is 0.769. The van der Waals surface area contributed by atoms with Crippen molar-refractivity contribution in [2.75, 3.05) is 6.54 Å². The molecule has 0 bridgehead atoms. The molecule has 2 aromatic rings. The van der Waals surface area contributed by atoms with E-state index in [4.69, 9.17) is 9.97 Å². The van der Waals surface area contributed by atoms with Gasteiger partial charge in [0.2, 0.25) is 5.82 Å². The maximum atomic E-state index is 9.40. The third-order valence-corrected chi connectivity index (χ3v) is 4.80. The van der Waals surface area contributed by atoms with Crippen LogP contribution in [0.5, 0.6) is 0 Å². The van der Waals surface area contributed by atoms with Crippen LogP contribution in [-0.4, -0.2) is 28.8 Å². The Bertz CT molecular complexity index is 906. The minimum Gasteiger partial charge on any atom is -0.296 e. The smallest absolute Gasteiger partial charge is 0.235 e. The lowest BCUT2D eigenvalue weighted by molar-refractivity contribution is -0.616. The Morgan fingerprint density at radius 3 is 2.92 bits per heavy atom. The van der Waals surface area contributed by atoms with Gasteiger partial charge in [-0.05, 0) is 18.6 Å². The van der Waals surface area contributed by atoms with Crippen LogP contribution in [0.2, 0.25) is 0 Å². The van der Waals surface area contributed by atoms with Gasteiger partial charge in [-0.2, -0.15) is 10.2 Å². The maximum Gasteiger partial charge on any atom is 0.235 e. The summed E-state index contributed by atoms with van der Waals surface area (Å²) in [5, 5.41) is 12.6. The van der Waals surface area contributed by atoms with Gasteiger partial charge in [0.05, 0.1) is 17.0 Å². The molecule has 124 valence electrons. The number of allylic oxidation sites excluding steroid dienone is 4. The summed E-state index contributed by atoms with van der Waals surface area (Å²) in [7, 11) is 0. The van der Waals surface area contributed by atoms with Gasteiger partial charge in [0.15, 0.2) is 0 Å². The number of nitriles is 1. The highest BCUT2D eigenvalue weighted by Gasteiger charge is 2.28. The molecule has 2 heterocycles. The Morgan fingerprint density at radius 2 is 2.08 bits per heavy atom. The van der Waals surface area contributed by atoms with E-state index in [0.29, 0.717) is 0 Å². The van der Waals surface area contributed by atoms with Crippen molar-refractivity contribution in [1.29, 1.82) is 5.26 Å². The van der Waals surface area contributed by atoms with Crippen LogP contribution in [0.25, 0.3) is 10.9 Å². The largest absolute Gasteiger partial charge is 0.296 e. The van der Waals surface area contributed by atoms with E-state index in [1.807, 2.05) is 18.2 Å². The first-order valence-electron chi connectivity index (χ1n) is 8.69. The standard InChI is InChI=1S/C20H19N5/c21-12-15-13-22-11-10-17(15)23-20-16-8-4-5-9-18(16)24-19(25-20)14-6-2-1-3-7-14/h1-6,8-9,13-15,17H,7,10-11H2,(H,23,24,25)/p+1. The summed E-state index contributed by atoms with van der Waals surface area (Å²) in [6.07, 6.45) is 12.0. The highest BCUT2D eigenvalue weighted by atomic mass is 15.1. The van der Waals surface area contributed by atoms with E-state index < -0.39 is 0 Å². The molecule has 2 N–H and O–H groups in total. The molecular weight excluding hydrogens is 310 g/mol. The number of aromatic nitrogens is 2. The summed E-state index contributed by atoms with van der Waals surface area (Å²) in [5.41, 5.74) is 0.958. The Morgan fingerprint density at radius 1 is 1.16 bits per heavy atom. The number of para-hydroxylation sites is 1. The molecular formula is C20H20N5+. The van der Waals surface area contributed by atoms with Crippen LogP contribution in [0, 0.1) is 17.2 Å². The average molecular weight is 330 g/mol. The zero-order valence-corrected chi connectivity index (χ0v) is 13.9. The third kappa shape index (κ3) is 3.21. The zero-order valence-electron chi connectivity index (χ0n) is 13.9. The van der Waals surface area contributed by atoms with Crippen molar-refractivity contribution in [3.05, 3.63) is 54.4 Å². The van der Waals surface area contributed by atoms with Crippen molar-refractivity contribution in [3.63, 3.8) is 0 Å². The van der Waals surface area contributed by atoms with Crippen LogP contribution in [0.4, 0.5) is 5.82 Å². The number of aliphatic imine (C=N–C) groups is 1. The minimum absolute atomic E-state index is 0.149. The van der Waals surface area contributed by atoms with E-state index in [1.54, 1.807) is 6.21 Å². The topological polar surface area (TPSA) is 78.5 Å². The number of fused-ring (bicyclic) bond motifs is 1.